The van der Waals surface area contributed by atoms with E-state index in [4.69, 9.17) is 4.42 Å². The minimum atomic E-state index is 0.437. The lowest BCUT2D eigenvalue weighted by Gasteiger charge is -1.96. The van der Waals surface area contributed by atoms with Crippen LogP contribution in [0.4, 0.5) is 0 Å². The Balaban J connectivity index is 2.00. The van der Waals surface area contributed by atoms with Gasteiger partial charge in [0.1, 0.15) is 5.69 Å². The third-order valence-electron chi connectivity index (χ3n) is 2.57. The Morgan fingerprint density at radius 2 is 1.83 bits per heavy atom. The van der Waals surface area contributed by atoms with Crippen LogP contribution in [0, 0.1) is 6.92 Å². The molecule has 4 nitrogen and oxygen atoms in total. The zero-order valence-corrected chi connectivity index (χ0v) is 9.87. The highest BCUT2D eigenvalue weighted by molar-refractivity contribution is 5.56. The van der Waals surface area contributed by atoms with Gasteiger partial charge >= 0.3 is 0 Å². The van der Waals surface area contributed by atoms with Crippen molar-refractivity contribution in [2.45, 2.75) is 6.92 Å². The lowest BCUT2D eigenvalue weighted by molar-refractivity contribution is 0.582. The lowest BCUT2D eigenvalue weighted by Crippen LogP contribution is -1.80. The Labute approximate surface area is 104 Å². The number of nitrogens with zero attached hydrogens (tertiary/aromatic N) is 3. The van der Waals surface area contributed by atoms with Gasteiger partial charge in [0.15, 0.2) is 0 Å². The number of pyridine rings is 1. The first kappa shape index (κ1) is 10.7. The standard InChI is InChI=1S/C14H11N3O/c1-10-5-4-6-11(9-10)13-16-17-14(18-13)12-7-2-3-8-15-12/h2-9H,1H3. The minimum Gasteiger partial charge on any atom is -0.415 e. The van der Waals surface area contributed by atoms with Crippen LogP contribution in [0.15, 0.2) is 53.1 Å². The molecule has 0 atom stereocenters. The molecular weight excluding hydrogens is 226 g/mol. The Hall–Kier alpha value is -2.49. The highest BCUT2D eigenvalue weighted by atomic mass is 16.4. The summed E-state index contributed by atoms with van der Waals surface area (Å²) in [7, 11) is 0. The van der Waals surface area contributed by atoms with Gasteiger partial charge in [-0.2, -0.15) is 0 Å². The highest BCUT2D eigenvalue weighted by Gasteiger charge is 2.10. The van der Waals surface area contributed by atoms with Crippen LogP contribution in [-0.2, 0) is 0 Å². The van der Waals surface area contributed by atoms with E-state index in [1.165, 1.54) is 0 Å². The van der Waals surface area contributed by atoms with Gasteiger partial charge in [0.25, 0.3) is 5.89 Å². The summed E-state index contributed by atoms with van der Waals surface area (Å²) in [5.74, 6) is 0.950. The second-order valence-electron chi connectivity index (χ2n) is 4.00. The fourth-order valence-corrected chi connectivity index (χ4v) is 1.71. The highest BCUT2D eigenvalue weighted by Crippen LogP contribution is 2.22. The molecule has 3 rings (SSSR count). The van der Waals surface area contributed by atoms with Gasteiger partial charge in [-0.3, -0.25) is 4.98 Å². The first-order chi connectivity index (χ1) is 8.83. The predicted molar refractivity (Wildman–Crippen MR) is 67.7 cm³/mol. The number of aromatic nitrogens is 3. The Morgan fingerprint density at radius 3 is 2.61 bits per heavy atom. The van der Waals surface area contributed by atoms with Crippen molar-refractivity contribution in [2.24, 2.45) is 0 Å². The lowest BCUT2D eigenvalue weighted by atomic mass is 10.1. The predicted octanol–water partition coefficient (Wildman–Crippen LogP) is 3.11. The van der Waals surface area contributed by atoms with Crippen LogP contribution >= 0.6 is 0 Å². The minimum absolute atomic E-state index is 0.437. The van der Waals surface area contributed by atoms with E-state index in [9.17, 15) is 0 Å². The maximum absolute atomic E-state index is 5.63. The normalized spacial score (nSPS) is 10.5. The Kier molecular flexibility index (Phi) is 2.61. The Bertz CT molecular complexity index is 662. The number of benzene rings is 1. The molecule has 2 heterocycles. The summed E-state index contributed by atoms with van der Waals surface area (Å²) >= 11 is 0. The molecule has 3 aromatic rings. The third kappa shape index (κ3) is 2.00. The van der Waals surface area contributed by atoms with Crippen molar-refractivity contribution in [1.82, 2.24) is 15.2 Å². The summed E-state index contributed by atoms with van der Waals surface area (Å²) in [6.07, 6.45) is 1.70. The van der Waals surface area contributed by atoms with Crippen molar-refractivity contribution in [3.05, 3.63) is 54.2 Å². The molecule has 0 amide bonds. The van der Waals surface area contributed by atoms with Gasteiger partial charge in [-0.15, -0.1) is 10.2 Å². The van der Waals surface area contributed by atoms with Crippen LogP contribution in [0.3, 0.4) is 0 Å². The molecule has 0 bridgehead atoms. The summed E-state index contributed by atoms with van der Waals surface area (Å²) in [4.78, 5) is 4.18. The van der Waals surface area contributed by atoms with Gasteiger partial charge in [-0.25, -0.2) is 0 Å². The van der Waals surface area contributed by atoms with E-state index >= 15 is 0 Å². The average molecular weight is 237 g/mol. The molecule has 0 saturated heterocycles. The molecule has 0 N–H and O–H groups in total. The van der Waals surface area contributed by atoms with Gasteiger partial charge in [-0.1, -0.05) is 23.8 Å². The molecule has 0 fully saturated rings. The second-order valence-corrected chi connectivity index (χ2v) is 4.00. The van der Waals surface area contributed by atoms with Gasteiger partial charge in [-0.05, 0) is 31.2 Å². The van der Waals surface area contributed by atoms with Gasteiger partial charge in [0.05, 0.1) is 0 Å². The van der Waals surface area contributed by atoms with Crippen LogP contribution in [0.5, 0.6) is 0 Å². The van der Waals surface area contributed by atoms with E-state index in [1.54, 1.807) is 6.20 Å². The fraction of sp³-hybridized carbons (Fsp3) is 0.0714. The maximum atomic E-state index is 5.63. The van der Waals surface area contributed by atoms with Crippen molar-refractivity contribution in [3.63, 3.8) is 0 Å². The molecule has 0 unspecified atom stereocenters. The van der Waals surface area contributed by atoms with E-state index in [1.807, 2.05) is 49.4 Å². The van der Waals surface area contributed by atoms with Gasteiger partial charge < -0.3 is 4.42 Å². The Morgan fingerprint density at radius 1 is 0.944 bits per heavy atom. The number of hydrogen-bond donors (Lipinski definition) is 0. The largest absolute Gasteiger partial charge is 0.415 e. The molecule has 4 heteroatoms. The molecule has 88 valence electrons. The van der Waals surface area contributed by atoms with Crippen molar-refractivity contribution < 1.29 is 4.42 Å². The molecule has 0 aliphatic carbocycles. The first-order valence-corrected chi connectivity index (χ1v) is 5.65. The second kappa shape index (κ2) is 4.41. The zero-order chi connectivity index (χ0) is 12.4. The van der Waals surface area contributed by atoms with E-state index in [0.717, 1.165) is 11.1 Å². The van der Waals surface area contributed by atoms with Gasteiger partial charge in [0.2, 0.25) is 5.89 Å². The topological polar surface area (TPSA) is 51.8 Å². The summed E-state index contributed by atoms with van der Waals surface area (Å²) in [6, 6.07) is 13.5. The van der Waals surface area contributed by atoms with Crippen molar-refractivity contribution in [1.29, 1.82) is 0 Å². The SMILES string of the molecule is Cc1cccc(-c2nnc(-c3ccccn3)o2)c1. The number of rotatable bonds is 2. The summed E-state index contributed by atoms with van der Waals surface area (Å²) in [6.45, 7) is 2.03. The molecule has 0 aliphatic heterocycles. The molecule has 0 radical (unpaired) electrons. The molecule has 1 aromatic carbocycles. The van der Waals surface area contributed by atoms with Crippen LogP contribution < -0.4 is 0 Å². The van der Waals surface area contributed by atoms with E-state index in [0.29, 0.717) is 17.5 Å². The molecule has 0 aliphatic rings. The maximum Gasteiger partial charge on any atom is 0.266 e. The molecule has 0 saturated carbocycles. The first-order valence-electron chi connectivity index (χ1n) is 5.65. The molecule has 2 aromatic heterocycles. The average Bonchev–Trinajstić information content (AvgIpc) is 2.89. The van der Waals surface area contributed by atoms with Gasteiger partial charge in [0, 0.05) is 11.8 Å². The van der Waals surface area contributed by atoms with Crippen molar-refractivity contribution in [3.8, 4) is 23.0 Å². The quantitative estimate of drug-likeness (QED) is 0.687. The van der Waals surface area contributed by atoms with Crippen LogP contribution in [-0.4, -0.2) is 15.2 Å². The zero-order valence-electron chi connectivity index (χ0n) is 9.87. The van der Waals surface area contributed by atoms with E-state index in [-0.39, 0.29) is 0 Å². The molecule has 0 spiro atoms. The van der Waals surface area contributed by atoms with Crippen LogP contribution in [0.2, 0.25) is 0 Å². The third-order valence-corrected chi connectivity index (χ3v) is 2.57. The van der Waals surface area contributed by atoms with E-state index in [2.05, 4.69) is 15.2 Å². The smallest absolute Gasteiger partial charge is 0.266 e. The monoisotopic (exact) mass is 237 g/mol. The number of hydrogen-bond acceptors (Lipinski definition) is 4. The van der Waals surface area contributed by atoms with Crippen molar-refractivity contribution in [2.75, 3.05) is 0 Å². The number of aryl methyl sites for hydroxylation is 1. The van der Waals surface area contributed by atoms with Crippen LogP contribution in [0.25, 0.3) is 23.0 Å². The fourth-order valence-electron chi connectivity index (χ4n) is 1.71. The van der Waals surface area contributed by atoms with Crippen LogP contribution in [0.1, 0.15) is 5.56 Å². The summed E-state index contributed by atoms with van der Waals surface area (Å²) < 4.78 is 5.63. The molecular formula is C14H11N3O. The summed E-state index contributed by atoms with van der Waals surface area (Å²) in [5.41, 5.74) is 2.76. The molecule has 18 heavy (non-hydrogen) atoms. The summed E-state index contributed by atoms with van der Waals surface area (Å²) in [5, 5.41) is 8.06. The van der Waals surface area contributed by atoms with E-state index < -0.39 is 0 Å². The van der Waals surface area contributed by atoms with Crippen molar-refractivity contribution >= 4 is 0 Å².